The molecule has 0 bridgehead atoms. The molecule has 0 radical (unpaired) electrons. The van der Waals surface area contributed by atoms with Crippen molar-refractivity contribution >= 4 is 0 Å². The largest absolute Gasteiger partial charge is 1.00 e. The average molecular weight is 350 g/mol. The zero-order valence-corrected chi connectivity index (χ0v) is 14.0. The first-order chi connectivity index (χ1) is 8.36. The number of rotatable bonds is 0. The van der Waals surface area contributed by atoms with Gasteiger partial charge in [0.15, 0.2) is 0 Å². The summed E-state index contributed by atoms with van der Waals surface area (Å²) in [6.07, 6.45) is 0. The van der Waals surface area contributed by atoms with Crippen molar-refractivity contribution < 1.29 is 22.4 Å². The van der Waals surface area contributed by atoms with Crippen LogP contribution in [0.25, 0.3) is 0 Å². The fraction of sp³-hybridized carbons (Fsp3) is 0.375. The second kappa shape index (κ2) is 8.26. The van der Waals surface area contributed by atoms with E-state index in [4.69, 9.17) is 0 Å². The third-order valence-electron chi connectivity index (χ3n) is 2.45. The molecule has 0 unspecified atom stereocenters. The number of pyridine rings is 2. The summed E-state index contributed by atoms with van der Waals surface area (Å²) in [5, 5.41) is 0. The van der Waals surface area contributed by atoms with Gasteiger partial charge in [0.1, 0.15) is 0 Å². The van der Waals surface area contributed by atoms with Crippen LogP contribution in [0.3, 0.4) is 0 Å². The molecule has 0 aliphatic heterocycles. The van der Waals surface area contributed by atoms with E-state index in [9.17, 15) is 0 Å². The maximum Gasteiger partial charge on any atom is 1.00 e. The first-order valence-electron chi connectivity index (χ1n) is 6.20. The molecule has 106 valence electrons. The van der Waals surface area contributed by atoms with Crippen LogP contribution < -0.4 is 0 Å². The summed E-state index contributed by atoms with van der Waals surface area (Å²) in [6, 6.07) is 8.31. The van der Waals surface area contributed by atoms with Crippen molar-refractivity contribution in [2.45, 2.75) is 41.5 Å². The Bertz CT molecular complexity index is 386. The Morgan fingerprint density at radius 2 is 0.737 bits per heavy atom. The molecule has 0 saturated heterocycles. The summed E-state index contributed by atoms with van der Waals surface area (Å²) in [4.78, 5) is 8.47. The van der Waals surface area contributed by atoms with E-state index >= 15 is 0 Å². The van der Waals surface area contributed by atoms with E-state index in [1.54, 1.807) is 0 Å². The minimum Gasteiger partial charge on any atom is -0.258 e. The monoisotopic (exact) mass is 349 g/mol. The van der Waals surface area contributed by atoms with Crippen LogP contribution in [0, 0.1) is 41.5 Å². The van der Waals surface area contributed by atoms with Crippen molar-refractivity contribution in [1.82, 2.24) is 9.97 Å². The van der Waals surface area contributed by atoms with Crippen molar-refractivity contribution in [1.29, 1.82) is 0 Å². The van der Waals surface area contributed by atoms with Gasteiger partial charge in [-0.2, -0.15) is 0 Å². The predicted molar refractivity (Wildman–Crippen MR) is 76.9 cm³/mol. The van der Waals surface area contributed by atoms with Gasteiger partial charge in [-0.05, 0) is 76.9 Å². The normalized spacial score (nSPS) is 9.16. The molecule has 2 aromatic rings. The third-order valence-corrected chi connectivity index (χ3v) is 2.45. The van der Waals surface area contributed by atoms with Gasteiger partial charge in [0.2, 0.25) is 0 Å². The summed E-state index contributed by atoms with van der Waals surface area (Å²) in [5.41, 5.74) is 7.00. The average Bonchev–Trinajstić information content (AvgIpc) is 2.12. The minimum atomic E-state index is 0. The SMILES string of the molecule is Cc1cc(C)nc(C)c1.Cc1cc(C)nc(C)c1.[Ag+]. The van der Waals surface area contributed by atoms with Gasteiger partial charge in [0, 0.05) is 22.8 Å². The number of hydrogen-bond acceptors (Lipinski definition) is 2. The van der Waals surface area contributed by atoms with Crippen molar-refractivity contribution in [3.05, 3.63) is 58.2 Å². The summed E-state index contributed by atoms with van der Waals surface area (Å²) < 4.78 is 0. The Balaban J connectivity index is 0.000000324. The van der Waals surface area contributed by atoms with Crippen LogP contribution in [0.4, 0.5) is 0 Å². The summed E-state index contributed by atoms with van der Waals surface area (Å²) >= 11 is 0. The first-order valence-corrected chi connectivity index (χ1v) is 6.20. The molecule has 2 heterocycles. The molecule has 0 amide bonds. The molecular formula is C16H22AgN2+. The summed E-state index contributed by atoms with van der Waals surface area (Å²) in [5.74, 6) is 0. The minimum absolute atomic E-state index is 0. The van der Waals surface area contributed by atoms with Gasteiger partial charge in [0.05, 0.1) is 0 Å². The molecule has 0 aromatic carbocycles. The van der Waals surface area contributed by atoms with Crippen LogP contribution in [-0.2, 0) is 22.4 Å². The van der Waals surface area contributed by atoms with Crippen LogP contribution in [0.2, 0.25) is 0 Å². The summed E-state index contributed by atoms with van der Waals surface area (Å²) in [7, 11) is 0. The van der Waals surface area contributed by atoms with Gasteiger partial charge >= 0.3 is 22.4 Å². The molecule has 3 heteroatoms. The molecule has 2 rings (SSSR count). The van der Waals surface area contributed by atoms with Crippen molar-refractivity contribution in [2.24, 2.45) is 0 Å². The topological polar surface area (TPSA) is 25.8 Å². The standard InChI is InChI=1S/2C8H11N.Ag/c2*1-6-4-7(2)9-8(3)5-6;/h2*4-5H,1-3H3;/q;;+1. The molecule has 0 spiro atoms. The van der Waals surface area contributed by atoms with E-state index in [1.165, 1.54) is 11.1 Å². The van der Waals surface area contributed by atoms with E-state index in [2.05, 4.69) is 48.1 Å². The van der Waals surface area contributed by atoms with Crippen molar-refractivity contribution in [3.63, 3.8) is 0 Å². The van der Waals surface area contributed by atoms with Gasteiger partial charge in [-0.15, -0.1) is 0 Å². The molecular weight excluding hydrogens is 328 g/mol. The van der Waals surface area contributed by atoms with Crippen LogP contribution in [-0.4, -0.2) is 9.97 Å². The van der Waals surface area contributed by atoms with E-state index in [0.717, 1.165) is 22.8 Å². The Kier molecular flexibility index (Phi) is 7.84. The quantitative estimate of drug-likeness (QED) is 0.671. The van der Waals surface area contributed by atoms with Gasteiger partial charge < -0.3 is 0 Å². The Labute approximate surface area is 132 Å². The van der Waals surface area contributed by atoms with Crippen molar-refractivity contribution in [2.75, 3.05) is 0 Å². The maximum atomic E-state index is 4.23. The molecule has 0 saturated carbocycles. The fourth-order valence-corrected chi connectivity index (χ4v) is 2.09. The molecule has 2 nitrogen and oxygen atoms in total. The second-order valence-corrected chi connectivity index (χ2v) is 4.85. The van der Waals surface area contributed by atoms with E-state index in [-0.39, 0.29) is 22.4 Å². The predicted octanol–water partition coefficient (Wildman–Crippen LogP) is 4.01. The molecule has 0 N–H and O–H groups in total. The van der Waals surface area contributed by atoms with E-state index in [0.29, 0.717) is 0 Å². The van der Waals surface area contributed by atoms with E-state index < -0.39 is 0 Å². The van der Waals surface area contributed by atoms with Crippen molar-refractivity contribution in [3.8, 4) is 0 Å². The molecule has 0 aliphatic carbocycles. The molecule has 0 fully saturated rings. The third kappa shape index (κ3) is 7.26. The van der Waals surface area contributed by atoms with Gasteiger partial charge in [-0.1, -0.05) is 0 Å². The van der Waals surface area contributed by atoms with Crippen LogP contribution in [0.5, 0.6) is 0 Å². The van der Waals surface area contributed by atoms with Gasteiger partial charge in [-0.3, -0.25) is 9.97 Å². The van der Waals surface area contributed by atoms with Gasteiger partial charge in [0.25, 0.3) is 0 Å². The zero-order chi connectivity index (χ0) is 13.7. The number of aryl methyl sites for hydroxylation is 6. The Morgan fingerprint density at radius 1 is 0.526 bits per heavy atom. The maximum absolute atomic E-state index is 4.23. The molecule has 0 atom stereocenters. The first kappa shape index (κ1) is 18.0. The van der Waals surface area contributed by atoms with Crippen LogP contribution >= 0.6 is 0 Å². The van der Waals surface area contributed by atoms with Crippen LogP contribution in [0.15, 0.2) is 24.3 Å². The zero-order valence-electron chi connectivity index (χ0n) is 12.5. The Morgan fingerprint density at radius 3 is 0.895 bits per heavy atom. The summed E-state index contributed by atoms with van der Waals surface area (Å²) in [6.45, 7) is 12.2. The fourth-order valence-electron chi connectivity index (χ4n) is 2.09. The van der Waals surface area contributed by atoms with Gasteiger partial charge in [-0.25, -0.2) is 0 Å². The number of aromatic nitrogens is 2. The van der Waals surface area contributed by atoms with Crippen LogP contribution in [0.1, 0.15) is 33.9 Å². The Hall–Kier alpha value is -0.960. The van der Waals surface area contributed by atoms with E-state index in [1.807, 2.05) is 27.7 Å². The number of nitrogens with zero attached hydrogens (tertiary/aromatic N) is 2. The smallest absolute Gasteiger partial charge is 0.258 e. The molecule has 2 aromatic heterocycles. The second-order valence-electron chi connectivity index (χ2n) is 4.85. The number of hydrogen-bond donors (Lipinski definition) is 0. The molecule has 0 aliphatic rings. The molecule has 19 heavy (non-hydrogen) atoms.